The van der Waals surface area contributed by atoms with Crippen LogP contribution in [0.25, 0.3) is 10.8 Å². The Balaban J connectivity index is 1.76. The van der Waals surface area contributed by atoms with E-state index in [1.54, 1.807) is 12.1 Å². The van der Waals surface area contributed by atoms with Gasteiger partial charge in [0.15, 0.2) is 0 Å². The van der Waals surface area contributed by atoms with Crippen LogP contribution >= 0.6 is 0 Å². The normalized spacial score (nSPS) is 16.1. The standard InChI is InChI=1S/C23H29F3N2O2/c1-2-3-4-5-6-7-15-30-20-10-8-9-17-11-12-18(16-19(17)20)22(23(24,25)26)28-14-13-21(29)27-28/h8-12,16,22H,2-7,13-15H2,1H3,(H,27,29). The zero-order chi connectivity index (χ0) is 21.6. The van der Waals surface area contributed by atoms with Crippen molar-refractivity contribution < 1.29 is 22.7 Å². The minimum atomic E-state index is -4.51. The summed E-state index contributed by atoms with van der Waals surface area (Å²) in [4.78, 5) is 11.5. The largest absolute Gasteiger partial charge is 0.493 e. The fraction of sp³-hybridized carbons (Fsp3) is 0.522. The quantitative estimate of drug-likeness (QED) is 0.483. The van der Waals surface area contributed by atoms with Gasteiger partial charge in [0, 0.05) is 18.4 Å². The summed E-state index contributed by atoms with van der Waals surface area (Å²) in [5.74, 6) is 0.197. The number of benzene rings is 2. The lowest BCUT2D eigenvalue weighted by molar-refractivity contribution is -0.191. The molecule has 164 valence electrons. The van der Waals surface area contributed by atoms with Crippen LogP contribution < -0.4 is 10.2 Å². The zero-order valence-corrected chi connectivity index (χ0v) is 17.3. The first-order valence-electron chi connectivity index (χ1n) is 10.7. The van der Waals surface area contributed by atoms with Crippen molar-refractivity contribution in [1.82, 2.24) is 10.4 Å². The van der Waals surface area contributed by atoms with E-state index in [2.05, 4.69) is 12.3 Å². The molecule has 0 radical (unpaired) electrons. The molecule has 30 heavy (non-hydrogen) atoms. The van der Waals surface area contributed by atoms with Gasteiger partial charge >= 0.3 is 6.18 Å². The second-order valence-electron chi connectivity index (χ2n) is 7.78. The van der Waals surface area contributed by atoms with Gasteiger partial charge in [-0.05, 0) is 29.5 Å². The topological polar surface area (TPSA) is 41.6 Å². The highest BCUT2D eigenvalue weighted by Crippen LogP contribution is 2.40. The molecular weight excluding hydrogens is 393 g/mol. The van der Waals surface area contributed by atoms with Crippen molar-refractivity contribution in [3.8, 4) is 5.75 Å². The van der Waals surface area contributed by atoms with Crippen LogP contribution in [-0.2, 0) is 4.79 Å². The molecule has 0 aromatic heterocycles. The van der Waals surface area contributed by atoms with Crippen LogP contribution in [0.5, 0.6) is 5.75 Å². The summed E-state index contributed by atoms with van der Waals surface area (Å²) in [5, 5.41) is 2.45. The number of hydrazine groups is 1. The number of hydrogen-bond acceptors (Lipinski definition) is 3. The van der Waals surface area contributed by atoms with Crippen molar-refractivity contribution in [1.29, 1.82) is 0 Å². The summed E-state index contributed by atoms with van der Waals surface area (Å²) >= 11 is 0. The van der Waals surface area contributed by atoms with Crippen molar-refractivity contribution in [2.24, 2.45) is 0 Å². The van der Waals surface area contributed by atoms with Gasteiger partial charge in [-0.3, -0.25) is 10.2 Å². The number of rotatable bonds is 10. The molecule has 1 N–H and O–H groups in total. The fourth-order valence-electron chi connectivity index (χ4n) is 3.86. The van der Waals surface area contributed by atoms with Gasteiger partial charge in [0.1, 0.15) is 11.8 Å². The molecule has 1 unspecified atom stereocenters. The molecule has 3 rings (SSSR count). The number of halogens is 3. The Labute approximate surface area is 175 Å². The molecule has 4 nitrogen and oxygen atoms in total. The highest BCUT2D eigenvalue weighted by Gasteiger charge is 2.47. The van der Waals surface area contributed by atoms with E-state index in [9.17, 15) is 18.0 Å². The molecule has 0 bridgehead atoms. The maximum absolute atomic E-state index is 13.8. The minimum Gasteiger partial charge on any atom is -0.493 e. The first-order valence-corrected chi connectivity index (χ1v) is 10.7. The van der Waals surface area contributed by atoms with E-state index in [4.69, 9.17) is 4.74 Å². The van der Waals surface area contributed by atoms with E-state index in [1.807, 2.05) is 12.1 Å². The van der Waals surface area contributed by atoms with E-state index in [0.717, 1.165) is 23.2 Å². The lowest BCUT2D eigenvalue weighted by Crippen LogP contribution is -2.43. The van der Waals surface area contributed by atoms with Crippen LogP contribution in [0.1, 0.15) is 63.5 Å². The maximum Gasteiger partial charge on any atom is 0.409 e. The lowest BCUT2D eigenvalue weighted by Gasteiger charge is -2.29. The number of fused-ring (bicyclic) bond motifs is 1. The van der Waals surface area contributed by atoms with Gasteiger partial charge in [-0.25, -0.2) is 5.01 Å². The summed E-state index contributed by atoms with van der Waals surface area (Å²) in [6.45, 7) is 2.75. The molecule has 2 aromatic carbocycles. The predicted molar refractivity (Wildman–Crippen MR) is 111 cm³/mol. The number of carbonyl (C=O) groups excluding carboxylic acids is 1. The van der Waals surface area contributed by atoms with Crippen LogP contribution in [0, 0.1) is 0 Å². The van der Waals surface area contributed by atoms with Crippen molar-refractivity contribution in [2.45, 2.75) is 64.1 Å². The Kier molecular flexibility index (Phi) is 7.58. The molecule has 1 heterocycles. The molecule has 0 spiro atoms. The summed E-state index contributed by atoms with van der Waals surface area (Å²) in [6.07, 6.45) is 2.39. The zero-order valence-electron chi connectivity index (χ0n) is 17.3. The van der Waals surface area contributed by atoms with E-state index in [0.29, 0.717) is 17.7 Å². The third kappa shape index (κ3) is 5.65. The molecular formula is C23H29F3N2O2. The fourth-order valence-corrected chi connectivity index (χ4v) is 3.86. The van der Waals surface area contributed by atoms with Crippen LogP contribution in [0.2, 0.25) is 0 Å². The van der Waals surface area contributed by atoms with Crippen LogP contribution in [0.15, 0.2) is 36.4 Å². The molecule has 2 aromatic rings. The molecule has 7 heteroatoms. The summed E-state index contributed by atoms with van der Waals surface area (Å²) in [6, 6.07) is 8.30. The molecule has 1 amide bonds. The maximum atomic E-state index is 13.8. The number of nitrogens with zero attached hydrogens (tertiary/aromatic N) is 1. The van der Waals surface area contributed by atoms with E-state index in [1.165, 1.54) is 37.8 Å². The lowest BCUT2D eigenvalue weighted by atomic mass is 10.0. The number of unbranched alkanes of at least 4 members (excludes halogenated alkanes) is 5. The molecule has 0 aliphatic carbocycles. The number of amides is 1. The smallest absolute Gasteiger partial charge is 0.409 e. The third-order valence-electron chi connectivity index (χ3n) is 5.41. The number of carbonyl (C=O) groups is 1. The van der Waals surface area contributed by atoms with Crippen LogP contribution in [0.3, 0.4) is 0 Å². The van der Waals surface area contributed by atoms with E-state index >= 15 is 0 Å². The Morgan fingerprint density at radius 3 is 2.57 bits per heavy atom. The van der Waals surface area contributed by atoms with Gasteiger partial charge < -0.3 is 4.74 Å². The molecule has 1 aliphatic heterocycles. The SMILES string of the molecule is CCCCCCCCOc1cccc2ccc(C(N3CCC(=O)N3)C(F)(F)F)cc12. The molecule has 1 saturated heterocycles. The second-order valence-corrected chi connectivity index (χ2v) is 7.78. The van der Waals surface area contributed by atoms with Gasteiger partial charge in [-0.15, -0.1) is 0 Å². The van der Waals surface area contributed by atoms with Gasteiger partial charge in [0.2, 0.25) is 5.91 Å². The Hall–Kier alpha value is -2.28. The predicted octanol–water partition coefficient (Wildman–Crippen LogP) is 5.92. The van der Waals surface area contributed by atoms with Gasteiger partial charge in [0.05, 0.1) is 6.61 Å². The molecule has 0 saturated carbocycles. The first-order chi connectivity index (χ1) is 14.4. The molecule has 1 aliphatic rings. The van der Waals surface area contributed by atoms with E-state index < -0.39 is 18.1 Å². The summed E-state index contributed by atoms with van der Waals surface area (Å²) < 4.78 is 47.4. The highest BCUT2D eigenvalue weighted by atomic mass is 19.4. The monoisotopic (exact) mass is 422 g/mol. The average molecular weight is 422 g/mol. The van der Waals surface area contributed by atoms with Crippen molar-refractivity contribution in [2.75, 3.05) is 13.2 Å². The van der Waals surface area contributed by atoms with Crippen molar-refractivity contribution in [3.05, 3.63) is 42.0 Å². The summed E-state index contributed by atoms with van der Waals surface area (Å²) in [5.41, 5.74) is 2.42. The molecule has 1 fully saturated rings. The highest BCUT2D eigenvalue weighted by molar-refractivity contribution is 5.89. The number of alkyl halides is 3. The average Bonchev–Trinajstić information content (AvgIpc) is 3.12. The number of ether oxygens (including phenoxy) is 1. The van der Waals surface area contributed by atoms with Crippen molar-refractivity contribution in [3.63, 3.8) is 0 Å². The van der Waals surface area contributed by atoms with Gasteiger partial charge in [0.25, 0.3) is 0 Å². The Morgan fingerprint density at radius 1 is 1.10 bits per heavy atom. The van der Waals surface area contributed by atoms with Gasteiger partial charge in [-0.2, -0.15) is 13.2 Å². The van der Waals surface area contributed by atoms with Crippen LogP contribution in [-0.4, -0.2) is 30.2 Å². The van der Waals surface area contributed by atoms with Crippen molar-refractivity contribution >= 4 is 16.7 Å². The first kappa shape index (κ1) is 22.4. The number of hydrogen-bond donors (Lipinski definition) is 1. The second kappa shape index (κ2) is 10.2. The van der Waals surface area contributed by atoms with E-state index in [-0.39, 0.29) is 18.5 Å². The number of nitrogens with one attached hydrogen (secondary N) is 1. The Bertz CT molecular complexity index is 854. The van der Waals surface area contributed by atoms with Crippen LogP contribution in [0.4, 0.5) is 13.2 Å². The van der Waals surface area contributed by atoms with Gasteiger partial charge in [-0.1, -0.05) is 63.3 Å². The minimum absolute atomic E-state index is 0.0250. The third-order valence-corrected chi connectivity index (χ3v) is 5.41. The summed E-state index contributed by atoms with van der Waals surface area (Å²) in [7, 11) is 0. The Morgan fingerprint density at radius 2 is 1.87 bits per heavy atom. The molecule has 1 atom stereocenters.